The molecule has 1 fully saturated rings. The molecular weight excluding hydrogens is 238 g/mol. The second-order valence-corrected chi connectivity index (χ2v) is 5.84. The Bertz CT molecular complexity index is 433. The Labute approximate surface area is 102 Å². The summed E-state index contributed by atoms with van der Waals surface area (Å²) in [6, 6.07) is 8.73. The summed E-state index contributed by atoms with van der Waals surface area (Å²) in [6.07, 6.45) is 0. The number of hydrogen-bond donors (Lipinski definition) is 0. The van der Waals surface area contributed by atoms with E-state index in [9.17, 15) is 4.79 Å². The molecule has 4 heteroatoms. The molecule has 0 bridgehead atoms. The molecule has 0 radical (unpaired) electrons. The highest BCUT2D eigenvalue weighted by Crippen LogP contribution is 2.35. The van der Waals surface area contributed by atoms with Crippen molar-refractivity contribution in [3.63, 3.8) is 0 Å². The quantitative estimate of drug-likeness (QED) is 0.833. The third kappa shape index (κ3) is 1.73. The van der Waals surface area contributed by atoms with Gasteiger partial charge in [0, 0.05) is 9.75 Å². The zero-order chi connectivity index (χ0) is 11.0. The van der Waals surface area contributed by atoms with Gasteiger partial charge in [-0.3, -0.25) is 9.69 Å². The van der Waals surface area contributed by atoms with Crippen LogP contribution < -0.4 is 0 Å². The van der Waals surface area contributed by atoms with Crippen molar-refractivity contribution in [2.45, 2.75) is 6.04 Å². The monoisotopic (exact) mass is 249 g/mol. The van der Waals surface area contributed by atoms with Crippen LogP contribution in [0.5, 0.6) is 0 Å². The van der Waals surface area contributed by atoms with Gasteiger partial charge < -0.3 is 0 Å². The van der Waals surface area contributed by atoms with Crippen LogP contribution in [0, 0.1) is 0 Å². The molecule has 2 nitrogen and oxygen atoms in total. The van der Waals surface area contributed by atoms with E-state index >= 15 is 0 Å². The van der Waals surface area contributed by atoms with E-state index in [1.165, 1.54) is 9.75 Å². The third-order valence-corrected chi connectivity index (χ3v) is 4.60. The molecule has 0 atom stereocenters. The fourth-order valence-electron chi connectivity index (χ4n) is 1.98. The molecular formula is C12H11NOS2. The van der Waals surface area contributed by atoms with Crippen LogP contribution in [0.15, 0.2) is 35.0 Å². The van der Waals surface area contributed by atoms with Gasteiger partial charge in [0.2, 0.25) is 0 Å². The number of Topliss-reactive ketones (excluding diaryl/α,β-unsaturated/α-hetero) is 1. The zero-order valence-electron chi connectivity index (χ0n) is 8.63. The minimum Gasteiger partial charge on any atom is -0.297 e. The van der Waals surface area contributed by atoms with Gasteiger partial charge in [-0.05, 0) is 22.9 Å². The summed E-state index contributed by atoms with van der Waals surface area (Å²) in [6.45, 7) is 1.20. The second-order valence-electron chi connectivity index (χ2n) is 3.88. The Kier molecular flexibility index (Phi) is 2.63. The molecule has 0 aliphatic carbocycles. The molecule has 0 aromatic carbocycles. The first-order valence-corrected chi connectivity index (χ1v) is 6.93. The van der Waals surface area contributed by atoms with Crippen molar-refractivity contribution in [1.82, 2.24) is 4.90 Å². The van der Waals surface area contributed by atoms with Gasteiger partial charge in [-0.2, -0.15) is 0 Å². The van der Waals surface area contributed by atoms with E-state index in [0.717, 1.165) is 0 Å². The summed E-state index contributed by atoms with van der Waals surface area (Å²) in [5.74, 6) is 0.345. The molecule has 2 aromatic rings. The Morgan fingerprint density at radius 3 is 2.00 bits per heavy atom. The number of rotatable bonds is 3. The predicted octanol–water partition coefficient (Wildman–Crippen LogP) is 2.78. The smallest absolute Gasteiger partial charge is 0.160 e. The Balaban J connectivity index is 1.93. The first-order valence-electron chi connectivity index (χ1n) is 5.17. The van der Waals surface area contributed by atoms with Gasteiger partial charge >= 0.3 is 0 Å². The number of nitrogens with zero attached hydrogens (tertiary/aromatic N) is 1. The third-order valence-electron chi connectivity index (χ3n) is 2.75. The average Bonchev–Trinajstić information content (AvgIpc) is 2.86. The fraction of sp³-hybridized carbons (Fsp3) is 0.250. The fourth-order valence-corrected chi connectivity index (χ4v) is 3.81. The van der Waals surface area contributed by atoms with Crippen LogP contribution in [0.3, 0.4) is 0 Å². The van der Waals surface area contributed by atoms with E-state index in [1.807, 2.05) is 0 Å². The minimum absolute atomic E-state index is 0.290. The van der Waals surface area contributed by atoms with Gasteiger partial charge in [0.1, 0.15) is 0 Å². The van der Waals surface area contributed by atoms with Gasteiger partial charge in [-0.25, -0.2) is 0 Å². The molecule has 16 heavy (non-hydrogen) atoms. The molecule has 3 rings (SSSR count). The van der Waals surface area contributed by atoms with Gasteiger partial charge in [0.25, 0.3) is 0 Å². The highest BCUT2D eigenvalue weighted by atomic mass is 32.1. The van der Waals surface area contributed by atoms with Crippen LogP contribution in [-0.2, 0) is 4.79 Å². The van der Waals surface area contributed by atoms with Crippen LogP contribution in [0.1, 0.15) is 15.8 Å². The Hall–Kier alpha value is -0.970. The lowest BCUT2D eigenvalue weighted by atomic mass is 10.1. The SMILES string of the molecule is O=C1CN(C(c2cccs2)c2cccs2)C1. The van der Waals surface area contributed by atoms with Gasteiger partial charge in [-0.15, -0.1) is 22.7 Å². The molecule has 0 spiro atoms. The van der Waals surface area contributed by atoms with Crippen molar-refractivity contribution in [2.75, 3.05) is 13.1 Å². The number of hydrogen-bond acceptors (Lipinski definition) is 4. The normalized spacial score (nSPS) is 16.7. The lowest BCUT2D eigenvalue weighted by Crippen LogP contribution is -2.48. The zero-order valence-corrected chi connectivity index (χ0v) is 10.3. The van der Waals surface area contributed by atoms with Gasteiger partial charge in [-0.1, -0.05) is 12.1 Å². The Morgan fingerprint density at radius 1 is 1.06 bits per heavy atom. The lowest BCUT2D eigenvalue weighted by Gasteiger charge is -2.36. The van der Waals surface area contributed by atoms with Crippen LogP contribution in [0.2, 0.25) is 0 Å². The summed E-state index contributed by atoms with van der Waals surface area (Å²) in [7, 11) is 0. The topological polar surface area (TPSA) is 20.3 Å². The minimum atomic E-state index is 0.290. The largest absolute Gasteiger partial charge is 0.297 e. The lowest BCUT2D eigenvalue weighted by molar-refractivity contribution is -0.130. The van der Waals surface area contributed by atoms with E-state index in [-0.39, 0.29) is 6.04 Å². The van der Waals surface area contributed by atoms with Gasteiger partial charge in [0.05, 0.1) is 19.1 Å². The molecule has 2 aromatic heterocycles. The highest BCUT2D eigenvalue weighted by molar-refractivity contribution is 7.11. The number of carbonyl (C=O) groups is 1. The van der Waals surface area contributed by atoms with Crippen molar-refractivity contribution in [3.8, 4) is 0 Å². The molecule has 3 heterocycles. The van der Waals surface area contributed by atoms with E-state index in [1.54, 1.807) is 22.7 Å². The highest BCUT2D eigenvalue weighted by Gasteiger charge is 2.33. The van der Waals surface area contributed by atoms with E-state index in [4.69, 9.17) is 0 Å². The van der Waals surface area contributed by atoms with Gasteiger partial charge in [0.15, 0.2) is 5.78 Å². The predicted molar refractivity (Wildman–Crippen MR) is 67.1 cm³/mol. The summed E-state index contributed by atoms with van der Waals surface area (Å²) in [4.78, 5) is 16.0. The molecule has 0 saturated carbocycles. The van der Waals surface area contributed by atoms with Crippen molar-refractivity contribution in [3.05, 3.63) is 44.8 Å². The van der Waals surface area contributed by atoms with Crippen molar-refractivity contribution in [1.29, 1.82) is 0 Å². The maximum absolute atomic E-state index is 11.1. The van der Waals surface area contributed by atoms with E-state index < -0.39 is 0 Å². The molecule has 0 unspecified atom stereocenters. The number of thiophene rings is 2. The molecule has 0 amide bonds. The number of ketones is 1. The average molecular weight is 249 g/mol. The first kappa shape index (κ1) is 10.2. The summed E-state index contributed by atoms with van der Waals surface area (Å²) >= 11 is 3.52. The number of carbonyl (C=O) groups excluding carboxylic acids is 1. The van der Waals surface area contributed by atoms with Crippen LogP contribution >= 0.6 is 22.7 Å². The first-order chi connectivity index (χ1) is 7.84. The summed E-state index contributed by atoms with van der Waals surface area (Å²) in [5.41, 5.74) is 0. The molecule has 0 N–H and O–H groups in total. The molecule has 1 saturated heterocycles. The number of likely N-dealkylation sites (tertiary alicyclic amines) is 1. The van der Waals surface area contributed by atoms with Crippen LogP contribution in [-0.4, -0.2) is 23.8 Å². The van der Waals surface area contributed by atoms with Crippen molar-refractivity contribution in [2.24, 2.45) is 0 Å². The van der Waals surface area contributed by atoms with Crippen LogP contribution in [0.25, 0.3) is 0 Å². The van der Waals surface area contributed by atoms with Crippen LogP contribution in [0.4, 0.5) is 0 Å². The van der Waals surface area contributed by atoms with E-state index in [0.29, 0.717) is 18.9 Å². The molecule has 1 aliphatic heterocycles. The second kappa shape index (κ2) is 4.13. The van der Waals surface area contributed by atoms with Crippen molar-refractivity contribution < 1.29 is 4.79 Å². The molecule has 1 aliphatic rings. The van der Waals surface area contributed by atoms with Crippen molar-refractivity contribution >= 4 is 28.5 Å². The maximum Gasteiger partial charge on any atom is 0.160 e. The Morgan fingerprint density at radius 2 is 1.62 bits per heavy atom. The molecule has 82 valence electrons. The summed E-state index contributed by atoms with van der Waals surface area (Å²) in [5, 5.41) is 4.19. The maximum atomic E-state index is 11.1. The van der Waals surface area contributed by atoms with E-state index in [2.05, 4.69) is 39.9 Å². The summed E-state index contributed by atoms with van der Waals surface area (Å²) < 4.78 is 0. The standard InChI is InChI=1S/C12H11NOS2/c14-9-7-13(8-9)12(10-3-1-5-15-10)11-4-2-6-16-11/h1-6,12H,7-8H2.